The van der Waals surface area contributed by atoms with Crippen LogP contribution in [0.25, 0.3) is 0 Å². The molecular weight excluding hydrogens is 228 g/mol. The van der Waals surface area contributed by atoms with Crippen LogP contribution in [-0.4, -0.2) is 10.9 Å². The Morgan fingerprint density at radius 3 is 2.89 bits per heavy atom. The summed E-state index contributed by atoms with van der Waals surface area (Å²) in [6.45, 7) is 1.96. The van der Waals surface area contributed by atoms with E-state index in [0.717, 1.165) is 11.3 Å². The Bertz CT molecular complexity index is 568. The SMILES string of the molecule is Cc1cccc(NC(=O)c2cnccc2NN)c1. The maximum atomic E-state index is 12.1. The molecule has 0 radical (unpaired) electrons. The van der Waals surface area contributed by atoms with Gasteiger partial charge in [0, 0.05) is 18.1 Å². The Hall–Kier alpha value is -2.40. The second kappa shape index (κ2) is 5.29. The summed E-state index contributed by atoms with van der Waals surface area (Å²) in [4.78, 5) is 16.0. The van der Waals surface area contributed by atoms with Crippen molar-refractivity contribution in [3.63, 3.8) is 0 Å². The summed E-state index contributed by atoms with van der Waals surface area (Å²) in [7, 11) is 0. The predicted octanol–water partition coefficient (Wildman–Crippen LogP) is 1.93. The molecule has 0 aliphatic carbocycles. The number of aromatic nitrogens is 1. The number of benzene rings is 1. The summed E-state index contributed by atoms with van der Waals surface area (Å²) in [6, 6.07) is 9.22. The summed E-state index contributed by atoms with van der Waals surface area (Å²) in [5, 5.41) is 2.80. The topological polar surface area (TPSA) is 80.0 Å². The van der Waals surface area contributed by atoms with Gasteiger partial charge >= 0.3 is 0 Å². The van der Waals surface area contributed by atoms with E-state index in [-0.39, 0.29) is 5.91 Å². The first-order valence-electron chi connectivity index (χ1n) is 5.49. The number of pyridine rings is 1. The standard InChI is InChI=1S/C13H14N4O/c1-9-3-2-4-10(7-9)16-13(18)11-8-15-6-5-12(11)17-14/h2-8H,14H2,1H3,(H,15,17)(H,16,18). The molecule has 0 spiro atoms. The number of rotatable bonds is 3. The molecule has 0 fully saturated rings. The normalized spacial score (nSPS) is 9.89. The van der Waals surface area contributed by atoms with Gasteiger partial charge in [-0.05, 0) is 30.7 Å². The van der Waals surface area contributed by atoms with Crippen molar-refractivity contribution >= 4 is 17.3 Å². The fraction of sp³-hybridized carbons (Fsp3) is 0.0769. The molecule has 1 aromatic carbocycles. The maximum absolute atomic E-state index is 12.1. The van der Waals surface area contributed by atoms with Gasteiger partial charge in [0.1, 0.15) is 0 Å². The van der Waals surface area contributed by atoms with Crippen LogP contribution in [0.3, 0.4) is 0 Å². The first-order chi connectivity index (χ1) is 8.70. The van der Waals surface area contributed by atoms with Gasteiger partial charge in [-0.25, -0.2) is 0 Å². The number of nitrogen functional groups attached to an aromatic ring is 1. The van der Waals surface area contributed by atoms with E-state index >= 15 is 0 Å². The number of anilines is 2. The average molecular weight is 242 g/mol. The third kappa shape index (κ3) is 2.64. The van der Waals surface area contributed by atoms with Crippen LogP contribution in [0.2, 0.25) is 0 Å². The van der Waals surface area contributed by atoms with Crippen molar-refractivity contribution in [2.45, 2.75) is 6.92 Å². The minimum atomic E-state index is -0.248. The maximum Gasteiger partial charge on any atom is 0.259 e. The predicted molar refractivity (Wildman–Crippen MR) is 71.2 cm³/mol. The molecule has 5 heteroatoms. The molecule has 0 unspecified atom stereocenters. The highest BCUT2D eigenvalue weighted by atomic mass is 16.1. The summed E-state index contributed by atoms with van der Waals surface area (Å²) >= 11 is 0. The zero-order valence-electron chi connectivity index (χ0n) is 9.97. The molecule has 1 heterocycles. The number of nitrogens with one attached hydrogen (secondary N) is 2. The lowest BCUT2D eigenvalue weighted by Crippen LogP contribution is -2.17. The summed E-state index contributed by atoms with van der Waals surface area (Å²) in [5.74, 6) is 5.10. The highest BCUT2D eigenvalue weighted by molar-refractivity contribution is 6.07. The van der Waals surface area contributed by atoms with Gasteiger partial charge in [0.25, 0.3) is 5.91 Å². The molecular formula is C13H14N4O. The Morgan fingerprint density at radius 1 is 1.33 bits per heavy atom. The molecule has 18 heavy (non-hydrogen) atoms. The van der Waals surface area contributed by atoms with Crippen LogP contribution in [0.15, 0.2) is 42.7 Å². The number of hydrogen-bond donors (Lipinski definition) is 3. The lowest BCUT2D eigenvalue weighted by Gasteiger charge is -2.09. The van der Waals surface area contributed by atoms with Crippen LogP contribution in [0, 0.1) is 6.92 Å². The molecule has 2 aromatic rings. The molecule has 1 amide bonds. The lowest BCUT2D eigenvalue weighted by atomic mass is 10.2. The third-order valence-corrected chi connectivity index (χ3v) is 2.50. The van der Waals surface area contributed by atoms with Gasteiger partial charge in [-0.3, -0.25) is 15.6 Å². The molecule has 2 rings (SSSR count). The zero-order valence-corrected chi connectivity index (χ0v) is 9.97. The van der Waals surface area contributed by atoms with Gasteiger partial charge in [0.15, 0.2) is 0 Å². The van der Waals surface area contributed by atoms with Gasteiger partial charge in [0.2, 0.25) is 0 Å². The van der Waals surface area contributed by atoms with E-state index in [9.17, 15) is 4.79 Å². The van der Waals surface area contributed by atoms with Crippen LogP contribution >= 0.6 is 0 Å². The fourth-order valence-corrected chi connectivity index (χ4v) is 1.62. The number of hydrogen-bond acceptors (Lipinski definition) is 4. The van der Waals surface area contributed by atoms with E-state index in [1.165, 1.54) is 6.20 Å². The van der Waals surface area contributed by atoms with E-state index in [4.69, 9.17) is 5.84 Å². The van der Waals surface area contributed by atoms with Gasteiger partial charge in [-0.1, -0.05) is 12.1 Å². The van der Waals surface area contributed by atoms with Crippen molar-refractivity contribution in [1.29, 1.82) is 0 Å². The number of carbonyl (C=O) groups excluding carboxylic acids is 1. The van der Waals surface area contributed by atoms with Gasteiger partial charge in [-0.15, -0.1) is 0 Å². The van der Waals surface area contributed by atoms with E-state index in [0.29, 0.717) is 11.3 Å². The van der Waals surface area contributed by atoms with Gasteiger partial charge in [0.05, 0.1) is 11.3 Å². The fourth-order valence-electron chi connectivity index (χ4n) is 1.62. The number of aryl methyl sites for hydroxylation is 1. The summed E-state index contributed by atoms with van der Waals surface area (Å²) in [6.07, 6.45) is 3.04. The lowest BCUT2D eigenvalue weighted by molar-refractivity contribution is 0.102. The second-order valence-electron chi connectivity index (χ2n) is 3.89. The molecule has 5 nitrogen and oxygen atoms in total. The Morgan fingerprint density at radius 2 is 2.17 bits per heavy atom. The number of amides is 1. The van der Waals surface area contributed by atoms with Gasteiger partial charge < -0.3 is 10.7 Å². The van der Waals surface area contributed by atoms with E-state index < -0.39 is 0 Å². The molecule has 0 atom stereocenters. The van der Waals surface area contributed by atoms with Crippen LogP contribution < -0.4 is 16.6 Å². The molecule has 0 saturated carbocycles. The first-order valence-corrected chi connectivity index (χ1v) is 5.49. The average Bonchev–Trinajstić information content (AvgIpc) is 2.38. The molecule has 4 N–H and O–H groups in total. The molecule has 0 aliphatic rings. The van der Waals surface area contributed by atoms with Crippen LogP contribution in [0.4, 0.5) is 11.4 Å². The largest absolute Gasteiger partial charge is 0.323 e. The molecule has 92 valence electrons. The molecule has 0 aliphatic heterocycles. The second-order valence-corrected chi connectivity index (χ2v) is 3.89. The Kier molecular flexibility index (Phi) is 3.54. The molecule has 0 saturated heterocycles. The highest BCUT2D eigenvalue weighted by Crippen LogP contribution is 2.15. The number of hydrazine groups is 1. The smallest absolute Gasteiger partial charge is 0.259 e. The van der Waals surface area contributed by atoms with Crippen molar-refractivity contribution in [1.82, 2.24) is 4.98 Å². The van der Waals surface area contributed by atoms with Crippen molar-refractivity contribution in [2.75, 3.05) is 10.7 Å². The van der Waals surface area contributed by atoms with E-state index in [2.05, 4.69) is 15.7 Å². The Labute approximate surface area is 105 Å². The summed E-state index contributed by atoms with van der Waals surface area (Å²) < 4.78 is 0. The molecule has 0 bridgehead atoms. The van der Waals surface area contributed by atoms with E-state index in [1.807, 2.05) is 31.2 Å². The highest BCUT2D eigenvalue weighted by Gasteiger charge is 2.10. The van der Waals surface area contributed by atoms with Crippen LogP contribution in [0.1, 0.15) is 15.9 Å². The van der Waals surface area contributed by atoms with Gasteiger partial charge in [-0.2, -0.15) is 0 Å². The first kappa shape index (κ1) is 12.1. The van der Waals surface area contributed by atoms with Crippen molar-refractivity contribution in [2.24, 2.45) is 5.84 Å². The van der Waals surface area contributed by atoms with Crippen molar-refractivity contribution in [3.8, 4) is 0 Å². The zero-order chi connectivity index (χ0) is 13.0. The number of carbonyl (C=O) groups is 1. The van der Waals surface area contributed by atoms with Crippen LogP contribution in [-0.2, 0) is 0 Å². The minimum absolute atomic E-state index is 0.248. The number of nitrogens with zero attached hydrogens (tertiary/aromatic N) is 1. The minimum Gasteiger partial charge on any atom is -0.323 e. The molecule has 1 aromatic heterocycles. The Balaban J connectivity index is 2.22. The van der Waals surface area contributed by atoms with Crippen LogP contribution in [0.5, 0.6) is 0 Å². The number of nitrogens with two attached hydrogens (primary N) is 1. The van der Waals surface area contributed by atoms with E-state index in [1.54, 1.807) is 12.3 Å². The van der Waals surface area contributed by atoms with Crippen molar-refractivity contribution in [3.05, 3.63) is 53.9 Å². The summed E-state index contributed by atoms with van der Waals surface area (Å²) in [5.41, 5.74) is 5.24. The monoisotopic (exact) mass is 242 g/mol. The third-order valence-electron chi connectivity index (χ3n) is 2.50. The quantitative estimate of drug-likeness (QED) is 0.567. The van der Waals surface area contributed by atoms with Crippen molar-refractivity contribution < 1.29 is 4.79 Å².